The van der Waals surface area contributed by atoms with Gasteiger partial charge in [-0.1, -0.05) is 30.3 Å². The Balaban J connectivity index is 1.17. The molecule has 2 saturated heterocycles. The molecule has 0 saturated carbocycles. The number of aryl methyl sites for hydroxylation is 1. The van der Waals surface area contributed by atoms with Crippen LogP contribution in [0.3, 0.4) is 0 Å². The molecule has 0 spiro atoms. The number of aromatic nitrogens is 2. The molecule has 6 heteroatoms. The minimum Gasteiger partial charge on any atom is -0.340 e. The van der Waals surface area contributed by atoms with E-state index in [9.17, 15) is 4.79 Å². The Kier molecular flexibility index (Phi) is 7.18. The zero-order valence-electron chi connectivity index (χ0n) is 18.2. The van der Waals surface area contributed by atoms with Crippen molar-refractivity contribution in [2.45, 2.75) is 38.8 Å². The average Bonchev–Trinajstić information content (AvgIpc) is 3.18. The van der Waals surface area contributed by atoms with Gasteiger partial charge in [-0.3, -0.25) is 14.6 Å². The number of carbonyl (C=O) groups excluding carboxylic acids is 1. The number of carbonyl (C=O) groups is 1. The van der Waals surface area contributed by atoms with Gasteiger partial charge in [0.05, 0.1) is 6.54 Å². The van der Waals surface area contributed by atoms with Gasteiger partial charge in [-0.05, 0) is 37.3 Å². The van der Waals surface area contributed by atoms with Gasteiger partial charge in [0.1, 0.15) is 5.82 Å². The van der Waals surface area contributed by atoms with Gasteiger partial charge in [0, 0.05) is 65.1 Å². The quantitative estimate of drug-likeness (QED) is 0.705. The lowest BCUT2D eigenvalue weighted by molar-refractivity contribution is -0.133. The van der Waals surface area contributed by atoms with Crippen LogP contribution in [0.25, 0.3) is 0 Å². The predicted molar refractivity (Wildman–Crippen MR) is 119 cm³/mol. The lowest BCUT2D eigenvalue weighted by atomic mass is 9.93. The molecule has 1 amide bonds. The van der Waals surface area contributed by atoms with Gasteiger partial charge in [0.2, 0.25) is 5.91 Å². The lowest BCUT2D eigenvalue weighted by Gasteiger charge is -2.36. The summed E-state index contributed by atoms with van der Waals surface area (Å²) in [5.74, 6) is 2.10. The number of likely N-dealkylation sites (tertiary alicyclic amines) is 1. The molecular formula is C24H35N5O. The molecule has 2 aliphatic rings. The van der Waals surface area contributed by atoms with Crippen LogP contribution < -0.4 is 0 Å². The van der Waals surface area contributed by atoms with E-state index < -0.39 is 0 Å². The first-order chi connectivity index (χ1) is 14.7. The van der Waals surface area contributed by atoms with E-state index in [1.54, 1.807) is 0 Å². The third-order valence-corrected chi connectivity index (χ3v) is 6.63. The molecule has 2 aromatic rings. The zero-order valence-corrected chi connectivity index (χ0v) is 18.2. The molecule has 0 N–H and O–H groups in total. The van der Waals surface area contributed by atoms with Crippen LogP contribution in [-0.2, 0) is 24.9 Å². The fourth-order valence-corrected chi connectivity index (χ4v) is 4.76. The van der Waals surface area contributed by atoms with Crippen LogP contribution >= 0.6 is 0 Å². The lowest BCUT2D eigenvalue weighted by Crippen LogP contribution is -2.48. The van der Waals surface area contributed by atoms with Gasteiger partial charge >= 0.3 is 0 Å². The molecule has 0 radical (unpaired) electrons. The molecule has 30 heavy (non-hydrogen) atoms. The topological polar surface area (TPSA) is 44.6 Å². The maximum absolute atomic E-state index is 12.8. The molecule has 6 nitrogen and oxygen atoms in total. The number of nitrogens with zero attached hydrogens (tertiary/aromatic N) is 5. The van der Waals surface area contributed by atoms with E-state index in [2.05, 4.69) is 61.6 Å². The number of amides is 1. The molecule has 2 fully saturated rings. The number of piperidine rings is 1. The van der Waals surface area contributed by atoms with E-state index in [0.29, 0.717) is 18.2 Å². The van der Waals surface area contributed by atoms with E-state index in [-0.39, 0.29) is 0 Å². The summed E-state index contributed by atoms with van der Waals surface area (Å²) < 4.78 is 2.10. The highest BCUT2D eigenvalue weighted by molar-refractivity contribution is 5.76. The number of hydrogen-bond donors (Lipinski definition) is 0. The van der Waals surface area contributed by atoms with Crippen LogP contribution in [-0.4, -0.2) is 69.4 Å². The predicted octanol–water partition coefficient (Wildman–Crippen LogP) is 2.76. The molecule has 0 aliphatic carbocycles. The number of rotatable bonds is 7. The third-order valence-electron chi connectivity index (χ3n) is 6.63. The summed E-state index contributed by atoms with van der Waals surface area (Å²) in [5.41, 5.74) is 1.35. The SMILES string of the molecule is Cn1ccnc1CN1CCC[C@H](CCC(=O)N2CCN(Cc3ccccc3)CC2)C1. The van der Waals surface area contributed by atoms with Crippen molar-refractivity contribution in [3.8, 4) is 0 Å². The fraction of sp³-hybridized carbons (Fsp3) is 0.583. The summed E-state index contributed by atoms with van der Waals surface area (Å²) in [7, 11) is 2.06. The van der Waals surface area contributed by atoms with Gasteiger partial charge in [0.15, 0.2) is 0 Å². The van der Waals surface area contributed by atoms with E-state index in [1.165, 1.54) is 18.4 Å². The molecule has 1 aromatic heterocycles. The Labute approximate surface area is 180 Å². The normalized spacial score (nSPS) is 21.1. The Bertz CT molecular complexity index is 797. The van der Waals surface area contributed by atoms with Gasteiger partial charge in [-0.2, -0.15) is 0 Å². The highest BCUT2D eigenvalue weighted by Crippen LogP contribution is 2.23. The second-order valence-electron chi connectivity index (χ2n) is 8.88. The summed E-state index contributed by atoms with van der Waals surface area (Å²) in [4.78, 5) is 24.3. The molecule has 1 aromatic carbocycles. The molecule has 1 atom stereocenters. The van der Waals surface area contributed by atoms with Crippen molar-refractivity contribution in [2.75, 3.05) is 39.3 Å². The first kappa shape index (κ1) is 21.1. The summed E-state index contributed by atoms with van der Waals surface area (Å²) in [6.45, 7) is 7.80. The summed E-state index contributed by atoms with van der Waals surface area (Å²) in [6.07, 6.45) is 8.06. The molecular weight excluding hydrogens is 374 g/mol. The van der Waals surface area contributed by atoms with Crippen molar-refractivity contribution in [2.24, 2.45) is 13.0 Å². The Hall–Kier alpha value is -2.18. The summed E-state index contributed by atoms with van der Waals surface area (Å²) in [5, 5.41) is 0. The second-order valence-corrected chi connectivity index (χ2v) is 8.88. The molecule has 3 heterocycles. The largest absolute Gasteiger partial charge is 0.340 e. The average molecular weight is 410 g/mol. The highest BCUT2D eigenvalue weighted by Gasteiger charge is 2.24. The minimum atomic E-state index is 0.343. The number of benzene rings is 1. The van der Waals surface area contributed by atoms with Crippen LogP contribution in [0.4, 0.5) is 0 Å². The first-order valence-corrected chi connectivity index (χ1v) is 11.4. The van der Waals surface area contributed by atoms with E-state index in [0.717, 1.165) is 64.6 Å². The maximum atomic E-state index is 12.8. The van der Waals surface area contributed by atoms with Crippen molar-refractivity contribution in [1.82, 2.24) is 24.3 Å². The van der Waals surface area contributed by atoms with Crippen LogP contribution in [0.5, 0.6) is 0 Å². The van der Waals surface area contributed by atoms with Gasteiger partial charge in [-0.15, -0.1) is 0 Å². The summed E-state index contributed by atoms with van der Waals surface area (Å²) in [6, 6.07) is 10.6. The third kappa shape index (κ3) is 5.70. The minimum absolute atomic E-state index is 0.343. The number of hydrogen-bond acceptors (Lipinski definition) is 4. The number of piperazine rings is 1. The molecule has 4 rings (SSSR count). The molecule has 2 aliphatic heterocycles. The first-order valence-electron chi connectivity index (χ1n) is 11.4. The summed E-state index contributed by atoms with van der Waals surface area (Å²) >= 11 is 0. The van der Waals surface area contributed by atoms with Crippen molar-refractivity contribution < 1.29 is 4.79 Å². The van der Waals surface area contributed by atoms with Crippen molar-refractivity contribution in [1.29, 1.82) is 0 Å². The van der Waals surface area contributed by atoms with Gasteiger partial charge < -0.3 is 9.47 Å². The van der Waals surface area contributed by atoms with Crippen molar-refractivity contribution >= 4 is 5.91 Å². The van der Waals surface area contributed by atoms with Gasteiger partial charge in [-0.25, -0.2) is 4.98 Å². The highest BCUT2D eigenvalue weighted by atomic mass is 16.2. The second kappa shape index (κ2) is 10.2. The van der Waals surface area contributed by atoms with Crippen LogP contribution in [0.1, 0.15) is 37.1 Å². The van der Waals surface area contributed by atoms with Crippen LogP contribution in [0.2, 0.25) is 0 Å². The Morgan fingerprint density at radius 1 is 1.03 bits per heavy atom. The molecule has 162 valence electrons. The van der Waals surface area contributed by atoms with Crippen LogP contribution in [0, 0.1) is 5.92 Å². The standard InChI is InChI=1S/C24H35N5O/c1-26-13-11-25-23(26)20-28-12-5-8-22(19-28)9-10-24(30)29-16-14-27(15-17-29)18-21-6-3-2-4-7-21/h2-4,6-7,11,13,22H,5,8-10,12,14-20H2,1H3/t22-/m1/s1. The van der Waals surface area contributed by atoms with Gasteiger partial charge in [0.25, 0.3) is 0 Å². The van der Waals surface area contributed by atoms with E-state index in [4.69, 9.17) is 0 Å². The van der Waals surface area contributed by atoms with Crippen LogP contribution in [0.15, 0.2) is 42.7 Å². The Morgan fingerprint density at radius 2 is 1.83 bits per heavy atom. The zero-order chi connectivity index (χ0) is 20.8. The fourth-order valence-electron chi connectivity index (χ4n) is 4.76. The molecule has 0 bridgehead atoms. The maximum Gasteiger partial charge on any atom is 0.222 e. The smallest absolute Gasteiger partial charge is 0.222 e. The van der Waals surface area contributed by atoms with Crippen molar-refractivity contribution in [3.05, 3.63) is 54.1 Å². The number of imidazole rings is 1. The van der Waals surface area contributed by atoms with E-state index >= 15 is 0 Å². The van der Waals surface area contributed by atoms with Crippen molar-refractivity contribution in [3.63, 3.8) is 0 Å². The monoisotopic (exact) mass is 409 g/mol. The molecule has 0 unspecified atom stereocenters. The van der Waals surface area contributed by atoms with E-state index in [1.807, 2.05) is 12.4 Å². The Morgan fingerprint density at radius 3 is 2.57 bits per heavy atom.